The smallest absolute Gasteiger partial charge is 0.234 e. The van der Waals surface area contributed by atoms with Crippen LogP contribution in [0.4, 0.5) is 15.2 Å². The van der Waals surface area contributed by atoms with Crippen LogP contribution in [-0.2, 0) is 9.59 Å². The van der Waals surface area contributed by atoms with Gasteiger partial charge < -0.3 is 10.6 Å². The first kappa shape index (κ1) is 19.9. The van der Waals surface area contributed by atoms with Gasteiger partial charge in [0.15, 0.2) is 4.34 Å². The molecule has 0 unspecified atom stereocenters. The lowest BCUT2D eigenvalue weighted by atomic mass is 9.49. The van der Waals surface area contributed by atoms with E-state index in [-0.39, 0.29) is 28.7 Å². The van der Waals surface area contributed by atoms with E-state index < -0.39 is 5.82 Å². The first-order chi connectivity index (χ1) is 14.5. The number of benzene rings is 1. The Morgan fingerprint density at radius 1 is 1.07 bits per heavy atom. The fourth-order valence-corrected chi connectivity index (χ4v) is 7.36. The van der Waals surface area contributed by atoms with Crippen LogP contribution in [0.2, 0.25) is 0 Å². The maximum atomic E-state index is 13.6. The lowest BCUT2D eigenvalue weighted by molar-refractivity contribution is -0.140. The Balaban J connectivity index is 1.16. The molecule has 4 saturated carbocycles. The van der Waals surface area contributed by atoms with Crippen molar-refractivity contribution in [2.75, 3.05) is 16.4 Å². The topological polar surface area (TPSA) is 84.0 Å². The molecule has 4 bridgehead atoms. The van der Waals surface area contributed by atoms with E-state index in [1.807, 2.05) is 0 Å². The van der Waals surface area contributed by atoms with E-state index in [1.165, 1.54) is 54.5 Å². The van der Waals surface area contributed by atoms with Crippen LogP contribution in [0.15, 0.2) is 28.6 Å². The summed E-state index contributed by atoms with van der Waals surface area (Å²) in [5, 5.41) is 14.2. The van der Waals surface area contributed by atoms with Crippen molar-refractivity contribution in [1.29, 1.82) is 0 Å². The van der Waals surface area contributed by atoms with E-state index in [1.54, 1.807) is 12.1 Å². The molecule has 0 radical (unpaired) electrons. The standard InChI is InChI=1S/C21H23FN4O2S2/c22-15-3-1-2-4-16(15)23-17(27)11-29-20-26-25-19(30-20)24-18(28)21-8-12-5-13(9-21)7-14(6-12)10-21/h1-4,12-14H,5-11H2,(H,23,27)(H,24,25,28). The van der Waals surface area contributed by atoms with Crippen LogP contribution in [0.3, 0.4) is 0 Å². The van der Waals surface area contributed by atoms with Crippen LogP contribution in [0.1, 0.15) is 38.5 Å². The zero-order chi connectivity index (χ0) is 20.7. The van der Waals surface area contributed by atoms with Gasteiger partial charge in [-0.3, -0.25) is 9.59 Å². The maximum Gasteiger partial charge on any atom is 0.234 e. The molecule has 1 aromatic heterocycles. The van der Waals surface area contributed by atoms with Crippen molar-refractivity contribution < 1.29 is 14.0 Å². The molecule has 0 saturated heterocycles. The largest absolute Gasteiger partial charge is 0.323 e. The van der Waals surface area contributed by atoms with Crippen molar-refractivity contribution in [3.8, 4) is 0 Å². The van der Waals surface area contributed by atoms with Crippen LogP contribution in [0, 0.1) is 29.0 Å². The Morgan fingerprint density at radius 3 is 2.40 bits per heavy atom. The summed E-state index contributed by atoms with van der Waals surface area (Å²) in [5.74, 6) is 1.50. The van der Waals surface area contributed by atoms with Gasteiger partial charge >= 0.3 is 0 Å². The fraction of sp³-hybridized carbons (Fsp3) is 0.524. The zero-order valence-electron chi connectivity index (χ0n) is 16.4. The highest BCUT2D eigenvalue weighted by atomic mass is 32.2. The van der Waals surface area contributed by atoms with Crippen LogP contribution in [0.5, 0.6) is 0 Å². The molecule has 6 nitrogen and oxygen atoms in total. The van der Waals surface area contributed by atoms with Crippen molar-refractivity contribution in [3.63, 3.8) is 0 Å². The van der Waals surface area contributed by atoms with Crippen molar-refractivity contribution >= 4 is 45.7 Å². The Bertz CT molecular complexity index is 944. The molecule has 0 spiro atoms. The maximum absolute atomic E-state index is 13.6. The summed E-state index contributed by atoms with van der Waals surface area (Å²) in [6.07, 6.45) is 6.88. The van der Waals surface area contributed by atoms with E-state index in [0.717, 1.165) is 19.3 Å². The summed E-state index contributed by atoms with van der Waals surface area (Å²) in [4.78, 5) is 25.2. The molecule has 1 aromatic carbocycles. The van der Waals surface area contributed by atoms with Crippen molar-refractivity contribution in [1.82, 2.24) is 10.2 Å². The molecule has 2 N–H and O–H groups in total. The van der Waals surface area contributed by atoms with E-state index in [9.17, 15) is 14.0 Å². The second-order valence-corrected chi connectivity index (χ2v) is 11.0. The van der Waals surface area contributed by atoms with Gasteiger partial charge in [-0.25, -0.2) is 4.39 Å². The zero-order valence-corrected chi connectivity index (χ0v) is 18.0. The van der Waals surface area contributed by atoms with Gasteiger partial charge in [0.05, 0.1) is 16.9 Å². The highest BCUT2D eigenvalue weighted by Crippen LogP contribution is 2.60. The van der Waals surface area contributed by atoms with Gasteiger partial charge in [-0.2, -0.15) is 0 Å². The minimum Gasteiger partial charge on any atom is -0.323 e. The molecule has 1 heterocycles. The van der Waals surface area contributed by atoms with Crippen molar-refractivity contribution in [2.24, 2.45) is 23.2 Å². The normalized spacial score (nSPS) is 29.0. The molecule has 4 aliphatic carbocycles. The molecule has 2 amide bonds. The van der Waals surface area contributed by atoms with Crippen LogP contribution >= 0.6 is 23.1 Å². The summed E-state index contributed by atoms with van der Waals surface area (Å²) in [7, 11) is 0. The molecular weight excluding hydrogens is 423 g/mol. The number of amides is 2. The second kappa shape index (κ2) is 7.92. The first-order valence-corrected chi connectivity index (χ1v) is 12.1. The number of nitrogens with one attached hydrogen (secondary N) is 2. The average Bonchev–Trinajstić information content (AvgIpc) is 3.14. The van der Waals surface area contributed by atoms with Gasteiger partial charge in [0, 0.05) is 0 Å². The van der Waals surface area contributed by atoms with E-state index in [4.69, 9.17) is 0 Å². The fourth-order valence-electron chi connectivity index (χ4n) is 5.81. The predicted molar refractivity (Wildman–Crippen MR) is 115 cm³/mol. The number of rotatable bonds is 6. The molecule has 30 heavy (non-hydrogen) atoms. The minimum absolute atomic E-state index is 0.0892. The average molecular weight is 447 g/mol. The SMILES string of the molecule is O=C(CSc1nnc(NC(=O)C23CC4CC(CC(C4)C2)C3)s1)Nc1ccccc1F. The molecule has 0 aliphatic heterocycles. The van der Waals surface area contributed by atoms with Crippen LogP contribution in [-0.4, -0.2) is 27.8 Å². The van der Waals surface area contributed by atoms with Gasteiger partial charge in [-0.05, 0) is 68.4 Å². The summed E-state index contributed by atoms with van der Waals surface area (Å²) in [6.45, 7) is 0. The van der Waals surface area contributed by atoms with Gasteiger partial charge in [-0.15, -0.1) is 10.2 Å². The Kier molecular flexibility index (Phi) is 5.26. The number of aromatic nitrogens is 2. The third kappa shape index (κ3) is 3.97. The summed E-state index contributed by atoms with van der Waals surface area (Å²) in [6, 6.07) is 6.04. The third-order valence-corrected chi connectivity index (χ3v) is 8.59. The number of anilines is 2. The van der Waals surface area contributed by atoms with Crippen LogP contribution < -0.4 is 10.6 Å². The van der Waals surface area contributed by atoms with Gasteiger partial charge in [0.2, 0.25) is 16.9 Å². The van der Waals surface area contributed by atoms with Crippen molar-refractivity contribution in [3.05, 3.63) is 30.1 Å². The molecule has 9 heteroatoms. The molecule has 6 rings (SSSR count). The van der Waals surface area contributed by atoms with Gasteiger partial charge in [0.1, 0.15) is 5.82 Å². The minimum atomic E-state index is -0.471. The monoisotopic (exact) mass is 446 g/mol. The van der Waals surface area contributed by atoms with Crippen LogP contribution in [0.25, 0.3) is 0 Å². The second-order valence-electron chi connectivity index (χ2n) is 8.84. The Morgan fingerprint density at radius 2 is 1.73 bits per heavy atom. The molecular formula is C21H23FN4O2S2. The number of hydrogen-bond acceptors (Lipinski definition) is 6. The summed E-state index contributed by atoms with van der Waals surface area (Å²) < 4.78 is 14.2. The number of carbonyl (C=O) groups is 2. The molecule has 2 aromatic rings. The summed E-state index contributed by atoms with van der Waals surface area (Å²) in [5.41, 5.74) is -0.0724. The molecule has 158 valence electrons. The molecule has 4 aliphatic rings. The quantitative estimate of drug-likeness (QED) is 0.502. The highest BCUT2D eigenvalue weighted by molar-refractivity contribution is 8.01. The lowest BCUT2D eigenvalue weighted by Crippen LogP contribution is -2.51. The number of carbonyl (C=O) groups excluding carboxylic acids is 2. The molecule has 0 atom stereocenters. The lowest BCUT2D eigenvalue weighted by Gasteiger charge is -2.55. The van der Waals surface area contributed by atoms with Gasteiger partial charge in [0.25, 0.3) is 0 Å². The number of halogens is 1. The molecule has 4 fully saturated rings. The van der Waals surface area contributed by atoms with Gasteiger partial charge in [-0.1, -0.05) is 35.2 Å². The van der Waals surface area contributed by atoms with E-state index >= 15 is 0 Å². The number of para-hydroxylation sites is 1. The number of nitrogens with zero attached hydrogens (tertiary/aromatic N) is 2. The van der Waals surface area contributed by atoms with E-state index in [0.29, 0.717) is 27.2 Å². The Labute approximate surface area is 182 Å². The number of hydrogen-bond donors (Lipinski definition) is 2. The van der Waals surface area contributed by atoms with Crippen molar-refractivity contribution in [2.45, 2.75) is 42.9 Å². The number of thioether (sulfide) groups is 1. The Hall–Kier alpha value is -2.00. The highest BCUT2D eigenvalue weighted by Gasteiger charge is 2.54. The van der Waals surface area contributed by atoms with E-state index in [2.05, 4.69) is 20.8 Å². The third-order valence-electron chi connectivity index (χ3n) is 6.62. The predicted octanol–water partition coefficient (Wildman–Crippen LogP) is 4.56. The first-order valence-electron chi connectivity index (χ1n) is 10.3. The summed E-state index contributed by atoms with van der Waals surface area (Å²) >= 11 is 2.49.